The molecule has 2 N–H and O–H groups in total. The summed E-state index contributed by atoms with van der Waals surface area (Å²) in [6.45, 7) is 6.08. The van der Waals surface area contributed by atoms with Gasteiger partial charge < -0.3 is 10.4 Å². The number of nitrogens with zero attached hydrogens (tertiary/aromatic N) is 2. The van der Waals surface area contributed by atoms with Crippen molar-refractivity contribution in [1.82, 2.24) is 14.7 Å². The summed E-state index contributed by atoms with van der Waals surface area (Å²) in [5.74, 6) is -0.117. The van der Waals surface area contributed by atoms with Gasteiger partial charge in [0, 0.05) is 24.3 Å². The van der Waals surface area contributed by atoms with Crippen molar-refractivity contribution in [3.05, 3.63) is 23.5 Å². The van der Waals surface area contributed by atoms with E-state index in [0.29, 0.717) is 0 Å². The molecule has 0 aliphatic rings. The normalized spacial score (nSPS) is 13.7. The third-order valence-corrected chi connectivity index (χ3v) is 3.75. The predicted molar refractivity (Wildman–Crippen MR) is 75.2 cm³/mol. The molecular weight excluding hydrogens is 262 g/mol. The number of aliphatic hydroxyl groups is 1. The van der Waals surface area contributed by atoms with E-state index in [1.807, 2.05) is 42.9 Å². The number of hydrogen-bond acceptors (Lipinski definition) is 4. The van der Waals surface area contributed by atoms with Gasteiger partial charge in [0.15, 0.2) is 4.96 Å². The maximum atomic E-state index is 11.8. The number of amides is 1. The summed E-state index contributed by atoms with van der Waals surface area (Å²) in [5, 5.41) is 14.5. The third-order valence-electron chi connectivity index (χ3n) is 2.98. The summed E-state index contributed by atoms with van der Waals surface area (Å²) in [7, 11) is 0. The van der Waals surface area contributed by atoms with Gasteiger partial charge in [-0.05, 0) is 5.41 Å². The molecule has 0 bridgehead atoms. The van der Waals surface area contributed by atoms with E-state index < -0.39 is 6.10 Å². The van der Waals surface area contributed by atoms with Crippen molar-refractivity contribution in [2.75, 3.05) is 6.54 Å². The second-order valence-electron chi connectivity index (χ2n) is 5.69. The molecule has 1 amide bonds. The molecule has 0 aliphatic heterocycles. The van der Waals surface area contributed by atoms with Crippen LogP contribution in [0.5, 0.6) is 0 Å². The molecule has 1 unspecified atom stereocenters. The van der Waals surface area contributed by atoms with Crippen molar-refractivity contribution in [3.8, 4) is 0 Å². The van der Waals surface area contributed by atoms with Crippen LogP contribution in [0.4, 0.5) is 0 Å². The number of imidazole rings is 1. The Hall–Kier alpha value is -1.40. The van der Waals surface area contributed by atoms with Crippen molar-refractivity contribution in [2.24, 2.45) is 5.41 Å². The molecule has 2 rings (SSSR count). The van der Waals surface area contributed by atoms with Gasteiger partial charge in [0.2, 0.25) is 5.91 Å². The molecule has 0 saturated carbocycles. The van der Waals surface area contributed by atoms with Crippen LogP contribution in [0, 0.1) is 5.41 Å². The van der Waals surface area contributed by atoms with E-state index in [1.165, 1.54) is 11.3 Å². The van der Waals surface area contributed by atoms with Gasteiger partial charge in [-0.25, -0.2) is 4.98 Å². The molecule has 6 heteroatoms. The lowest BCUT2D eigenvalue weighted by atomic mass is 9.89. The highest BCUT2D eigenvalue weighted by Gasteiger charge is 2.22. The molecule has 0 spiro atoms. The van der Waals surface area contributed by atoms with Gasteiger partial charge in [0.1, 0.15) is 0 Å². The summed E-state index contributed by atoms with van der Waals surface area (Å²) in [4.78, 5) is 17.0. The fraction of sp³-hybridized carbons (Fsp3) is 0.538. The van der Waals surface area contributed by atoms with Gasteiger partial charge in [0.05, 0.1) is 18.2 Å². The summed E-state index contributed by atoms with van der Waals surface area (Å²) < 4.78 is 1.90. The van der Waals surface area contributed by atoms with Crippen LogP contribution in [0.1, 0.15) is 26.5 Å². The minimum Gasteiger partial charge on any atom is -0.391 e. The topological polar surface area (TPSA) is 66.6 Å². The smallest absolute Gasteiger partial charge is 0.226 e. The average molecular weight is 281 g/mol. The lowest BCUT2D eigenvalue weighted by molar-refractivity contribution is -0.121. The molecule has 1 atom stereocenters. The van der Waals surface area contributed by atoms with Crippen molar-refractivity contribution in [2.45, 2.75) is 33.3 Å². The quantitative estimate of drug-likeness (QED) is 0.891. The first-order chi connectivity index (χ1) is 8.86. The van der Waals surface area contributed by atoms with E-state index in [-0.39, 0.29) is 24.3 Å². The zero-order valence-corrected chi connectivity index (χ0v) is 12.2. The number of rotatable bonds is 4. The highest BCUT2D eigenvalue weighted by molar-refractivity contribution is 7.15. The van der Waals surface area contributed by atoms with Crippen LogP contribution in [-0.2, 0) is 11.2 Å². The van der Waals surface area contributed by atoms with Crippen LogP contribution in [0.15, 0.2) is 17.8 Å². The molecule has 104 valence electrons. The average Bonchev–Trinajstić information content (AvgIpc) is 2.84. The molecule has 19 heavy (non-hydrogen) atoms. The third kappa shape index (κ3) is 3.54. The maximum absolute atomic E-state index is 11.8. The SMILES string of the molecule is CC(C)(C)C(O)CNC(=O)Cc1cn2ccsc2n1. The lowest BCUT2D eigenvalue weighted by Crippen LogP contribution is -2.39. The number of fused-ring (bicyclic) bond motifs is 1. The predicted octanol–water partition coefficient (Wildman–Crippen LogP) is 1.46. The van der Waals surface area contributed by atoms with Gasteiger partial charge in [0.25, 0.3) is 0 Å². The number of carbonyl (C=O) groups excluding carboxylic acids is 1. The Balaban J connectivity index is 1.86. The summed E-state index contributed by atoms with van der Waals surface area (Å²) in [6, 6.07) is 0. The summed E-state index contributed by atoms with van der Waals surface area (Å²) in [6.07, 6.45) is 3.45. The molecular formula is C13H19N3O2S. The number of aliphatic hydroxyl groups excluding tert-OH is 1. The molecule has 2 aromatic rings. The Labute approximate surface area is 116 Å². The molecule has 0 aromatic carbocycles. The van der Waals surface area contributed by atoms with Crippen molar-refractivity contribution in [1.29, 1.82) is 0 Å². The fourth-order valence-corrected chi connectivity index (χ4v) is 2.32. The summed E-state index contributed by atoms with van der Waals surface area (Å²) >= 11 is 1.54. The van der Waals surface area contributed by atoms with E-state index in [4.69, 9.17) is 0 Å². The zero-order chi connectivity index (χ0) is 14.0. The zero-order valence-electron chi connectivity index (χ0n) is 11.4. The first-order valence-corrected chi connectivity index (χ1v) is 7.10. The standard InChI is InChI=1S/C13H19N3O2S/c1-13(2,3)10(17)7-14-11(18)6-9-8-16-4-5-19-12(16)15-9/h4-5,8,10,17H,6-7H2,1-3H3,(H,14,18). The van der Waals surface area contributed by atoms with Crippen LogP contribution in [0.3, 0.4) is 0 Å². The van der Waals surface area contributed by atoms with Gasteiger partial charge in [-0.1, -0.05) is 20.8 Å². The highest BCUT2D eigenvalue weighted by Crippen LogP contribution is 2.18. The van der Waals surface area contributed by atoms with Crippen molar-refractivity contribution in [3.63, 3.8) is 0 Å². The molecule has 0 saturated heterocycles. The van der Waals surface area contributed by atoms with E-state index in [1.54, 1.807) is 0 Å². The minimum atomic E-state index is -0.554. The van der Waals surface area contributed by atoms with Crippen LogP contribution in [0.25, 0.3) is 4.96 Å². The summed E-state index contributed by atoms with van der Waals surface area (Å²) in [5.41, 5.74) is 0.513. The Morgan fingerprint density at radius 3 is 2.95 bits per heavy atom. The molecule has 2 heterocycles. The first-order valence-electron chi connectivity index (χ1n) is 6.22. The van der Waals surface area contributed by atoms with Crippen LogP contribution in [0.2, 0.25) is 0 Å². The van der Waals surface area contributed by atoms with Crippen molar-refractivity contribution >= 4 is 22.2 Å². The Bertz CT molecular complexity index is 539. The van der Waals surface area contributed by atoms with Gasteiger partial charge >= 0.3 is 0 Å². The minimum absolute atomic E-state index is 0.117. The van der Waals surface area contributed by atoms with Crippen LogP contribution >= 0.6 is 11.3 Å². The Morgan fingerprint density at radius 1 is 1.58 bits per heavy atom. The lowest BCUT2D eigenvalue weighted by Gasteiger charge is -2.25. The fourth-order valence-electron chi connectivity index (χ4n) is 1.60. The number of hydrogen-bond donors (Lipinski definition) is 2. The van der Waals surface area contributed by atoms with Gasteiger partial charge in [-0.3, -0.25) is 9.20 Å². The number of thiazole rings is 1. The van der Waals surface area contributed by atoms with E-state index in [2.05, 4.69) is 10.3 Å². The van der Waals surface area contributed by atoms with E-state index in [9.17, 15) is 9.90 Å². The largest absolute Gasteiger partial charge is 0.391 e. The maximum Gasteiger partial charge on any atom is 0.226 e. The molecule has 0 radical (unpaired) electrons. The Morgan fingerprint density at radius 2 is 2.32 bits per heavy atom. The molecule has 0 aliphatic carbocycles. The second-order valence-corrected chi connectivity index (χ2v) is 6.56. The van der Waals surface area contributed by atoms with Crippen molar-refractivity contribution < 1.29 is 9.90 Å². The highest BCUT2D eigenvalue weighted by atomic mass is 32.1. The first kappa shape index (κ1) is 14.0. The number of aromatic nitrogens is 2. The molecule has 5 nitrogen and oxygen atoms in total. The Kier molecular flexibility index (Phi) is 3.91. The van der Waals surface area contributed by atoms with Crippen LogP contribution in [-0.4, -0.2) is 33.0 Å². The van der Waals surface area contributed by atoms with E-state index in [0.717, 1.165) is 10.7 Å². The van der Waals surface area contributed by atoms with Gasteiger partial charge in [-0.15, -0.1) is 11.3 Å². The second kappa shape index (κ2) is 5.30. The molecule has 2 aromatic heterocycles. The monoisotopic (exact) mass is 281 g/mol. The number of carbonyl (C=O) groups is 1. The number of nitrogens with one attached hydrogen (secondary N) is 1. The van der Waals surface area contributed by atoms with Gasteiger partial charge in [-0.2, -0.15) is 0 Å². The van der Waals surface area contributed by atoms with E-state index >= 15 is 0 Å². The van der Waals surface area contributed by atoms with Crippen LogP contribution < -0.4 is 5.32 Å². The molecule has 0 fully saturated rings.